The van der Waals surface area contributed by atoms with Crippen LogP contribution in [0.15, 0.2) is 16.7 Å². The summed E-state index contributed by atoms with van der Waals surface area (Å²) in [6, 6.07) is 4.21. The van der Waals surface area contributed by atoms with Crippen LogP contribution < -0.4 is 5.32 Å². The van der Waals surface area contributed by atoms with Gasteiger partial charge < -0.3 is 4.52 Å². The fraction of sp³-hybridized carbons (Fsp3) is 0.611. The number of rotatable bonds is 6. The Balaban J connectivity index is 1.57. The third-order valence-corrected chi connectivity index (χ3v) is 4.72. The van der Waals surface area contributed by atoms with Crippen molar-refractivity contribution in [3.8, 4) is 0 Å². The lowest BCUT2D eigenvalue weighted by atomic mass is 10.1. The first kappa shape index (κ1) is 17.7. The summed E-state index contributed by atoms with van der Waals surface area (Å²) in [5.41, 5.74) is 3.04. The predicted octanol–water partition coefficient (Wildman–Crippen LogP) is 2.71. The minimum atomic E-state index is -0.0632. The fourth-order valence-corrected chi connectivity index (χ4v) is 3.35. The zero-order valence-corrected chi connectivity index (χ0v) is 15.5. The summed E-state index contributed by atoms with van der Waals surface area (Å²) < 4.78 is 7.23. The molecule has 0 saturated carbocycles. The van der Waals surface area contributed by atoms with Crippen LogP contribution in [0.1, 0.15) is 49.7 Å². The molecule has 1 N–H and O–H groups in total. The third-order valence-electron chi connectivity index (χ3n) is 4.72. The van der Waals surface area contributed by atoms with E-state index in [1.165, 1.54) is 0 Å². The van der Waals surface area contributed by atoms with Crippen molar-refractivity contribution in [2.24, 2.45) is 0 Å². The number of aryl methyl sites for hydroxylation is 2. The molecule has 136 valence electrons. The van der Waals surface area contributed by atoms with E-state index in [-0.39, 0.29) is 11.8 Å². The highest BCUT2D eigenvalue weighted by Crippen LogP contribution is 2.20. The first-order valence-electron chi connectivity index (χ1n) is 8.94. The van der Waals surface area contributed by atoms with Crippen LogP contribution in [0, 0.1) is 13.8 Å². The van der Waals surface area contributed by atoms with Crippen LogP contribution >= 0.6 is 0 Å². The molecule has 1 fully saturated rings. The molecule has 2 aromatic rings. The van der Waals surface area contributed by atoms with E-state index < -0.39 is 0 Å². The van der Waals surface area contributed by atoms with E-state index >= 15 is 0 Å². The highest BCUT2D eigenvalue weighted by atomic mass is 16.5. The highest BCUT2D eigenvalue weighted by molar-refractivity contribution is 5.91. The van der Waals surface area contributed by atoms with Gasteiger partial charge in [0, 0.05) is 17.8 Å². The van der Waals surface area contributed by atoms with Crippen LogP contribution in [0.3, 0.4) is 0 Å². The Bertz CT molecular complexity index is 734. The number of hydrogen-bond donors (Lipinski definition) is 1. The van der Waals surface area contributed by atoms with Gasteiger partial charge in [0.25, 0.3) is 0 Å². The zero-order chi connectivity index (χ0) is 18.0. The molecule has 0 unspecified atom stereocenters. The number of carbonyl (C=O) groups is 1. The first-order valence-corrected chi connectivity index (χ1v) is 8.94. The van der Waals surface area contributed by atoms with Gasteiger partial charge in [-0.25, -0.2) is 0 Å². The summed E-state index contributed by atoms with van der Waals surface area (Å²) in [6.45, 7) is 10.3. The van der Waals surface area contributed by atoms with Crippen LogP contribution in [0.5, 0.6) is 0 Å². The molecule has 0 spiro atoms. The minimum absolute atomic E-state index is 0.0632. The van der Waals surface area contributed by atoms with E-state index in [4.69, 9.17) is 4.52 Å². The van der Waals surface area contributed by atoms with Crippen LogP contribution in [-0.4, -0.2) is 44.9 Å². The summed E-state index contributed by atoms with van der Waals surface area (Å²) >= 11 is 0. The van der Waals surface area contributed by atoms with Crippen molar-refractivity contribution in [3.05, 3.63) is 29.2 Å². The lowest BCUT2D eigenvalue weighted by molar-refractivity contribution is -0.117. The van der Waals surface area contributed by atoms with Crippen molar-refractivity contribution in [3.63, 3.8) is 0 Å². The summed E-state index contributed by atoms with van der Waals surface area (Å²) in [5.74, 6) is 0.632. The molecule has 1 saturated heterocycles. The first-order chi connectivity index (χ1) is 11.9. The Labute approximate surface area is 148 Å². The normalized spacial score (nSPS) is 18.2. The number of hydrogen-bond acceptors (Lipinski definition) is 5. The molecule has 2 aromatic heterocycles. The van der Waals surface area contributed by atoms with Crippen molar-refractivity contribution in [2.45, 2.75) is 59.0 Å². The van der Waals surface area contributed by atoms with Gasteiger partial charge in [-0.3, -0.25) is 19.7 Å². The van der Waals surface area contributed by atoms with Gasteiger partial charge >= 0.3 is 0 Å². The molecule has 25 heavy (non-hydrogen) atoms. The molecular weight excluding hydrogens is 318 g/mol. The summed E-state index contributed by atoms with van der Waals surface area (Å²) in [4.78, 5) is 14.6. The van der Waals surface area contributed by atoms with Gasteiger partial charge in [0.1, 0.15) is 0 Å². The van der Waals surface area contributed by atoms with Gasteiger partial charge in [-0.15, -0.1) is 0 Å². The average Bonchev–Trinajstić information content (AvgIpc) is 3.22. The smallest absolute Gasteiger partial charge is 0.240 e. The molecule has 7 heteroatoms. The van der Waals surface area contributed by atoms with Gasteiger partial charge in [-0.2, -0.15) is 5.10 Å². The summed E-state index contributed by atoms with van der Waals surface area (Å²) in [5, 5.41) is 11.3. The number of nitrogens with one attached hydrogen (secondary N) is 1. The maximum Gasteiger partial charge on any atom is 0.240 e. The Hall–Kier alpha value is -2.15. The Morgan fingerprint density at radius 2 is 2.20 bits per heavy atom. The maximum absolute atomic E-state index is 12.4. The molecule has 1 amide bonds. The molecule has 0 aliphatic carbocycles. The fourth-order valence-electron chi connectivity index (χ4n) is 3.35. The molecule has 1 atom stereocenters. The molecule has 0 aromatic carbocycles. The molecule has 1 aliphatic rings. The Morgan fingerprint density at radius 1 is 1.40 bits per heavy atom. The van der Waals surface area contributed by atoms with Crippen molar-refractivity contribution >= 4 is 11.8 Å². The molecule has 1 aliphatic heterocycles. The van der Waals surface area contributed by atoms with E-state index in [1.807, 2.05) is 25.5 Å². The standard InChI is InChI=1S/C18H27N5O2/c1-12(2)16-9-18(25-21-16)19-17(24)11-22-7-5-6-15(22)10-23-14(4)8-13(3)20-23/h8-9,12,15H,5-7,10-11H2,1-4H3,(H,19,24)/t15-/m0/s1. The van der Waals surface area contributed by atoms with Gasteiger partial charge in [-0.1, -0.05) is 19.0 Å². The van der Waals surface area contributed by atoms with Crippen LogP contribution in [0.2, 0.25) is 0 Å². The topological polar surface area (TPSA) is 76.2 Å². The third kappa shape index (κ3) is 4.28. The van der Waals surface area contributed by atoms with Crippen molar-refractivity contribution in [1.82, 2.24) is 19.8 Å². The molecule has 7 nitrogen and oxygen atoms in total. The van der Waals surface area contributed by atoms with E-state index in [1.54, 1.807) is 6.07 Å². The second-order valence-electron chi connectivity index (χ2n) is 7.19. The minimum Gasteiger partial charge on any atom is -0.338 e. The second-order valence-corrected chi connectivity index (χ2v) is 7.19. The number of likely N-dealkylation sites (tertiary alicyclic amines) is 1. The monoisotopic (exact) mass is 345 g/mol. The Morgan fingerprint density at radius 3 is 2.84 bits per heavy atom. The van der Waals surface area contributed by atoms with E-state index in [0.717, 1.165) is 43.0 Å². The quantitative estimate of drug-likeness (QED) is 0.871. The second kappa shape index (κ2) is 7.39. The van der Waals surface area contributed by atoms with Crippen molar-refractivity contribution in [2.75, 3.05) is 18.4 Å². The number of amides is 1. The van der Waals surface area contributed by atoms with Crippen molar-refractivity contribution in [1.29, 1.82) is 0 Å². The average molecular weight is 345 g/mol. The Kier molecular flexibility index (Phi) is 5.22. The zero-order valence-electron chi connectivity index (χ0n) is 15.5. The van der Waals surface area contributed by atoms with E-state index in [2.05, 4.69) is 33.5 Å². The van der Waals surface area contributed by atoms with Crippen LogP contribution in [0.25, 0.3) is 0 Å². The van der Waals surface area contributed by atoms with E-state index in [0.29, 0.717) is 18.5 Å². The SMILES string of the molecule is Cc1cc(C)n(C[C@@H]2CCCN2CC(=O)Nc2cc(C(C)C)no2)n1. The van der Waals surface area contributed by atoms with Gasteiger partial charge in [0.2, 0.25) is 11.8 Å². The maximum atomic E-state index is 12.4. The van der Waals surface area contributed by atoms with E-state index in [9.17, 15) is 4.79 Å². The predicted molar refractivity (Wildman–Crippen MR) is 95.5 cm³/mol. The number of aromatic nitrogens is 3. The molecule has 0 radical (unpaired) electrons. The van der Waals surface area contributed by atoms with Gasteiger partial charge in [0.05, 0.1) is 24.5 Å². The molecule has 3 heterocycles. The lowest BCUT2D eigenvalue weighted by Gasteiger charge is -2.24. The van der Waals surface area contributed by atoms with Crippen LogP contribution in [-0.2, 0) is 11.3 Å². The highest BCUT2D eigenvalue weighted by Gasteiger charge is 2.27. The summed E-state index contributed by atoms with van der Waals surface area (Å²) in [6.07, 6.45) is 2.20. The number of nitrogens with zero attached hydrogens (tertiary/aromatic N) is 4. The summed E-state index contributed by atoms with van der Waals surface area (Å²) in [7, 11) is 0. The van der Waals surface area contributed by atoms with Crippen LogP contribution in [0.4, 0.5) is 5.88 Å². The van der Waals surface area contributed by atoms with Gasteiger partial charge in [-0.05, 0) is 45.2 Å². The molecule has 3 rings (SSSR count). The number of anilines is 1. The number of carbonyl (C=O) groups excluding carboxylic acids is 1. The van der Waals surface area contributed by atoms with Crippen molar-refractivity contribution < 1.29 is 9.32 Å². The largest absolute Gasteiger partial charge is 0.338 e. The molecule has 0 bridgehead atoms. The van der Waals surface area contributed by atoms with Gasteiger partial charge in [0.15, 0.2) is 0 Å². The molecular formula is C18H27N5O2. The lowest BCUT2D eigenvalue weighted by Crippen LogP contribution is -2.39.